The average molecular weight is 297 g/mol. The molecule has 0 fully saturated rings. The van der Waals surface area contributed by atoms with E-state index in [4.69, 9.17) is 4.74 Å². The molecule has 112 valence electrons. The quantitative estimate of drug-likeness (QED) is 0.731. The molecule has 1 heterocycles. The van der Waals surface area contributed by atoms with Gasteiger partial charge in [-0.05, 0) is 37.3 Å². The predicted molar refractivity (Wildman–Crippen MR) is 84.7 cm³/mol. The summed E-state index contributed by atoms with van der Waals surface area (Å²) >= 11 is 0. The van der Waals surface area contributed by atoms with Crippen molar-refractivity contribution in [3.8, 4) is 5.75 Å². The molecule has 5 heteroatoms. The van der Waals surface area contributed by atoms with Crippen LogP contribution in [0.1, 0.15) is 5.56 Å². The van der Waals surface area contributed by atoms with E-state index in [9.17, 15) is 4.39 Å². The molecule has 0 radical (unpaired) electrons. The van der Waals surface area contributed by atoms with Crippen LogP contribution < -0.4 is 10.1 Å². The van der Waals surface area contributed by atoms with Crippen LogP contribution in [0.3, 0.4) is 0 Å². The number of hydrogen-bond acceptors (Lipinski definition) is 4. The Balaban J connectivity index is 1.62. The number of anilines is 1. The molecule has 0 aliphatic heterocycles. The first-order chi connectivity index (χ1) is 10.7. The first kappa shape index (κ1) is 14.3. The van der Waals surface area contributed by atoms with Crippen molar-refractivity contribution in [2.75, 3.05) is 18.5 Å². The van der Waals surface area contributed by atoms with Crippen LogP contribution >= 0.6 is 0 Å². The Hall–Kier alpha value is -2.69. The van der Waals surface area contributed by atoms with E-state index >= 15 is 0 Å². The van der Waals surface area contributed by atoms with Crippen LogP contribution in [0.15, 0.2) is 48.8 Å². The van der Waals surface area contributed by atoms with Gasteiger partial charge in [-0.3, -0.25) is 0 Å². The van der Waals surface area contributed by atoms with Crippen LogP contribution in [0, 0.1) is 12.7 Å². The Morgan fingerprint density at radius 3 is 2.73 bits per heavy atom. The second-order valence-corrected chi connectivity index (χ2v) is 4.97. The Morgan fingerprint density at radius 2 is 1.91 bits per heavy atom. The summed E-state index contributed by atoms with van der Waals surface area (Å²) in [5, 5.41) is 3.82. The first-order valence-corrected chi connectivity index (χ1v) is 7.06. The van der Waals surface area contributed by atoms with E-state index in [2.05, 4.69) is 15.3 Å². The summed E-state index contributed by atoms with van der Waals surface area (Å²) in [6.45, 7) is 3.09. The summed E-state index contributed by atoms with van der Waals surface area (Å²) in [6.07, 6.45) is 1.46. The minimum Gasteiger partial charge on any atom is -0.492 e. The van der Waals surface area contributed by atoms with E-state index in [1.54, 1.807) is 6.07 Å². The summed E-state index contributed by atoms with van der Waals surface area (Å²) in [7, 11) is 0. The summed E-state index contributed by atoms with van der Waals surface area (Å²) in [4.78, 5) is 8.28. The van der Waals surface area contributed by atoms with Crippen molar-refractivity contribution in [2.45, 2.75) is 6.92 Å². The zero-order chi connectivity index (χ0) is 15.4. The molecule has 0 spiro atoms. The lowest BCUT2D eigenvalue weighted by Crippen LogP contribution is -2.12. The molecule has 0 saturated carbocycles. The van der Waals surface area contributed by atoms with Gasteiger partial charge in [0.2, 0.25) is 0 Å². The number of nitrogens with one attached hydrogen (secondary N) is 1. The molecule has 22 heavy (non-hydrogen) atoms. The maximum absolute atomic E-state index is 13.4. The van der Waals surface area contributed by atoms with Gasteiger partial charge in [0, 0.05) is 5.39 Å². The van der Waals surface area contributed by atoms with Crippen molar-refractivity contribution in [2.24, 2.45) is 0 Å². The van der Waals surface area contributed by atoms with Crippen LogP contribution in [-0.4, -0.2) is 23.1 Å². The Morgan fingerprint density at radius 1 is 1.09 bits per heavy atom. The normalized spacial score (nSPS) is 10.6. The van der Waals surface area contributed by atoms with Crippen LogP contribution in [0.4, 0.5) is 10.2 Å². The highest BCUT2D eigenvalue weighted by Crippen LogP contribution is 2.19. The summed E-state index contributed by atoms with van der Waals surface area (Å²) < 4.78 is 19.0. The van der Waals surface area contributed by atoms with Crippen molar-refractivity contribution in [3.05, 3.63) is 60.2 Å². The predicted octanol–water partition coefficient (Wildman–Crippen LogP) is 3.57. The van der Waals surface area contributed by atoms with E-state index in [-0.39, 0.29) is 5.82 Å². The van der Waals surface area contributed by atoms with Crippen molar-refractivity contribution < 1.29 is 9.13 Å². The second-order valence-electron chi connectivity index (χ2n) is 4.97. The standard InChI is InChI=1S/C17H16FN3O/c1-12-2-5-14(6-3-12)22-9-8-19-17-15-10-13(18)4-7-16(15)20-11-21-17/h2-7,10-11H,8-9H2,1H3,(H,19,20,21). The number of fused-ring (bicyclic) bond motifs is 1. The van der Waals surface area contributed by atoms with E-state index < -0.39 is 0 Å². The van der Waals surface area contributed by atoms with Gasteiger partial charge >= 0.3 is 0 Å². The maximum Gasteiger partial charge on any atom is 0.137 e. The average Bonchev–Trinajstić information content (AvgIpc) is 2.53. The van der Waals surface area contributed by atoms with E-state index in [1.807, 2.05) is 31.2 Å². The highest BCUT2D eigenvalue weighted by atomic mass is 19.1. The Kier molecular flexibility index (Phi) is 4.14. The second kappa shape index (κ2) is 6.39. The number of benzene rings is 2. The molecule has 0 amide bonds. The molecule has 0 bridgehead atoms. The third-order valence-corrected chi connectivity index (χ3v) is 3.28. The molecule has 4 nitrogen and oxygen atoms in total. The molecule has 0 unspecified atom stereocenters. The highest BCUT2D eigenvalue weighted by Gasteiger charge is 2.04. The van der Waals surface area contributed by atoms with Crippen LogP contribution in [0.5, 0.6) is 5.75 Å². The monoisotopic (exact) mass is 297 g/mol. The maximum atomic E-state index is 13.4. The summed E-state index contributed by atoms with van der Waals surface area (Å²) in [5.74, 6) is 1.13. The van der Waals surface area contributed by atoms with Gasteiger partial charge in [0.25, 0.3) is 0 Å². The molecular weight excluding hydrogens is 281 g/mol. The van der Waals surface area contributed by atoms with Gasteiger partial charge in [-0.15, -0.1) is 0 Å². The van der Waals surface area contributed by atoms with Crippen LogP contribution in [0.25, 0.3) is 10.9 Å². The minimum atomic E-state index is -0.304. The van der Waals surface area contributed by atoms with E-state index in [0.717, 1.165) is 5.75 Å². The van der Waals surface area contributed by atoms with Crippen LogP contribution in [0.2, 0.25) is 0 Å². The molecule has 2 aromatic carbocycles. The molecule has 0 saturated heterocycles. The van der Waals surface area contributed by atoms with Crippen LogP contribution in [-0.2, 0) is 0 Å². The molecular formula is C17H16FN3O. The van der Waals surface area contributed by atoms with Gasteiger partial charge in [0.05, 0.1) is 12.1 Å². The van der Waals surface area contributed by atoms with Gasteiger partial charge in [-0.2, -0.15) is 0 Å². The van der Waals surface area contributed by atoms with Gasteiger partial charge in [0.15, 0.2) is 0 Å². The number of nitrogens with zero attached hydrogens (tertiary/aromatic N) is 2. The number of aromatic nitrogens is 2. The Bertz CT molecular complexity index is 774. The topological polar surface area (TPSA) is 47.0 Å². The SMILES string of the molecule is Cc1ccc(OCCNc2ncnc3ccc(F)cc23)cc1. The Labute approximate surface area is 128 Å². The third kappa shape index (κ3) is 3.31. The van der Waals surface area contributed by atoms with Gasteiger partial charge in [0.1, 0.15) is 30.3 Å². The highest BCUT2D eigenvalue weighted by molar-refractivity contribution is 5.88. The smallest absolute Gasteiger partial charge is 0.137 e. The van der Waals surface area contributed by atoms with Gasteiger partial charge in [-0.25, -0.2) is 14.4 Å². The zero-order valence-electron chi connectivity index (χ0n) is 12.2. The first-order valence-electron chi connectivity index (χ1n) is 7.06. The molecule has 3 aromatic rings. The number of halogens is 1. The lowest BCUT2D eigenvalue weighted by molar-refractivity contribution is 0.332. The largest absolute Gasteiger partial charge is 0.492 e. The van der Waals surface area contributed by atoms with Gasteiger partial charge < -0.3 is 10.1 Å². The summed E-state index contributed by atoms with van der Waals surface area (Å²) in [5.41, 5.74) is 1.90. The molecule has 0 atom stereocenters. The fourth-order valence-electron chi connectivity index (χ4n) is 2.14. The number of aryl methyl sites for hydroxylation is 1. The zero-order valence-corrected chi connectivity index (χ0v) is 12.2. The van der Waals surface area contributed by atoms with Crippen molar-refractivity contribution in [1.82, 2.24) is 9.97 Å². The fourth-order valence-corrected chi connectivity index (χ4v) is 2.14. The van der Waals surface area contributed by atoms with E-state index in [0.29, 0.717) is 29.9 Å². The lowest BCUT2D eigenvalue weighted by Gasteiger charge is -2.10. The van der Waals surface area contributed by atoms with E-state index in [1.165, 1.54) is 24.0 Å². The molecule has 0 aliphatic rings. The molecule has 1 aromatic heterocycles. The number of rotatable bonds is 5. The third-order valence-electron chi connectivity index (χ3n) is 3.28. The van der Waals surface area contributed by atoms with Crippen molar-refractivity contribution >= 4 is 16.7 Å². The minimum absolute atomic E-state index is 0.304. The van der Waals surface area contributed by atoms with Gasteiger partial charge in [-0.1, -0.05) is 17.7 Å². The van der Waals surface area contributed by atoms with Crippen molar-refractivity contribution in [1.29, 1.82) is 0 Å². The number of hydrogen-bond donors (Lipinski definition) is 1. The summed E-state index contributed by atoms with van der Waals surface area (Å²) in [6, 6.07) is 12.3. The molecule has 1 N–H and O–H groups in total. The lowest BCUT2D eigenvalue weighted by atomic mass is 10.2. The number of ether oxygens (including phenoxy) is 1. The molecule has 3 rings (SSSR count). The molecule has 0 aliphatic carbocycles. The fraction of sp³-hybridized carbons (Fsp3) is 0.176. The van der Waals surface area contributed by atoms with Crippen molar-refractivity contribution in [3.63, 3.8) is 0 Å².